The summed E-state index contributed by atoms with van der Waals surface area (Å²) in [5.41, 5.74) is 0. The molecule has 0 bridgehead atoms. The van der Waals surface area contributed by atoms with Gasteiger partial charge >= 0.3 is 0 Å². The van der Waals surface area contributed by atoms with Crippen LogP contribution < -0.4 is 0 Å². The van der Waals surface area contributed by atoms with Gasteiger partial charge in [-0.25, -0.2) is 0 Å². The van der Waals surface area contributed by atoms with Crippen molar-refractivity contribution in [3.05, 3.63) is 0 Å². The van der Waals surface area contributed by atoms with Gasteiger partial charge in [-0.3, -0.25) is 9.59 Å². The number of carbonyl (C=O) groups excluding carboxylic acids is 2. The topological polar surface area (TPSA) is 40.6 Å². The molecule has 28 heavy (non-hydrogen) atoms. The number of nitrogens with zero attached hydrogens (tertiary/aromatic N) is 2. The van der Waals surface area contributed by atoms with Crippen molar-refractivity contribution >= 4 is 11.8 Å². The van der Waals surface area contributed by atoms with Crippen LogP contribution in [0.25, 0.3) is 0 Å². The fourth-order valence-electron chi connectivity index (χ4n) is 3.73. The highest BCUT2D eigenvalue weighted by molar-refractivity contribution is 5.76. The maximum absolute atomic E-state index is 12.2. The van der Waals surface area contributed by atoms with Crippen molar-refractivity contribution in [2.45, 2.75) is 118 Å². The Labute approximate surface area is 175 Å². The molecule has 0 spiro atoms. The van der Waals surface area contributed by atoms with Crippen LogP contribution in [0.1, 0.15) is 118 Å². The fraction of sp³-hybridized carbons (Fsp3) is 0.917. The third-order valence-electron chi connectivity index (χ3n) is 5.21. The number of hydrogen-bond donors (Lipinski definition) is 0. The Kier molecular flexibility index (Phi) is 18.5. The molecular formula is C24H48N2O2. The van der Waals surface area contributed by atoms with E-state index in [1.807, 2.05) is 9.80 Å². The van der Waals surface area contributed by atoms with Gasteiger partial charge in [-0.05, 0) is 38.5 Å². The van der Waals surface area contributed by atoms with Crippen molar-refractivity contribution in [1.29, 1.82) is 0 Å². The Morgan fingerprint density at radius 3 is 0.964 bits per heavy atom. The van der Waals surface area contributed by atoms with Gasteiger partial charge in [0.2, 0.25) is 11.8 Å². The molecule has 4 nitrogen and oxygen atoms in total. The van der Waals surface area contributed by atoms with Gasteiger partial charge in [0.1, 0.15) is 0 Å². The molecule has 0 fully saturated rings. The van der Waals surface area contributed by atoms with Gasteiger partial charge in [-0.15, -0.1) is 0 Å². The molecular weight excluding hydrogens is 348 g/mol. The number of unbranched alkanes of at least 4 members (excludes halogenated alkanes) is 7. The van der Waals surface area contributed by atoms with Crippen molar-refractivity contribution in [2.75, 3.05) is 26.2 Å². The van der Waals surface area contributed by atoms with Crippen LogP contribution in [-0.4, -0.2) is 47.8 Å². The minimum absolute atomic E-state index is 0.341. The summed E-state index contributed by atoms with van der Waals surface area (Å²) in [4.78, 5) is 28.5. The Morgan fingerprint density at radius 2 is 0.714 bits per heavy atom. The second kappa shape index (κ2) is 19.3. The van der Waals surface area contributed by atoms with Crippen LogP contribution in [0.15, 0.2) is 0 Å². The predicted octanol–water partition coefficient (Wildman–Crippen LogP) is 6.18. The highest BCUT2D eigenvalue weighted by Gasteiger charge is 2.11. The molecule has 4 heteroatoms. The molecule has 0 heterocycles. The summed E-state index contributed by atoms with van der Waals surface area (Å²) in [6.45, 7) is 12.2. The number of hydrogen-bond acceptors (Lipinski definition) is 2. The van der Waals surface area contributed by atoms with Gasteiger partial charge in [0, 0.05) is 39.0 Å². The maximum Gasteiger partial charge on any atom is 0.222 e. The van der Waals surface area contributed by atoms with Crippen molar-refractivity contribution in [1.82, 2.24) is 9.80 Å². The minimum Gasteiger partial charge on any atom is -0.343 e. The third kappa shape index (κ3) is 14.0. The van der Waals surface area contributed by atoms with E-state index in [0.29, 0.717) is 24.7 Å². The Hall–Kier alpha value is -1.06. The molecule has 0 N–H and O–H groups in total. The first-order chi connectivity index (χ1) is 13.6. The normalized spacial score (nSPS) is 10.9. The number of amides is 2. The van der Waals surface area contributed by atoms with Gasteiger partial charge in [-0.2, -0.15) is 0 Å². The van der Waals surface area contributed by atoms with Gasteiger partial charge in [0.05, 0.1) is 0 Å². The van der Waals surface area contributed by atoms with E-state index in [0.717, 1.165) is 64.7 Å². The lowest BCUT2D eigenvalue weighted by Crippen LogP contribution is -2.32. The summed E-state index contributed by atoms with van der Waals surface area (Å²) in [6.07, 6.45) is 15.0. The number of rotatable bonds is 19. The van der Waals surface area contributed by atoms with Crippen molar-refractivity contribution in [2.24, 2.45) is 0 Å². The van der Waals surface area contributed by atoms with Gasteiger partial charge in [0.25, 0.3) is 0 Å². The molecule has 0 radical (unpaired) electrons. The Morgan fingerprint density at radius 1 is 0.464 bits per heavy atom. The first-order valence-corrected chi connectivity index (χ1v) is 12.2. The molecule has 0 aromatic rings. The predicted molar refractivity (Wildman–Crippen MR) is 120 cm³/mol. The van der Waals surface area contributed by atoms with Crippen LogP contribution in [-0.2, 0) is 9.59 Å². The smallest absolute Gasteiger partial charge is 0.222 e. The van der Waals surface area contributed by atoms with Crippen LogP contribution in [0.4, 0.5) is 0 Å². The van der Waals surface area contributed by atoms with Gasteiger partial charge in [0.15, 0.2) is 0 Å². The maximum atomic E-state index is 12.2. The van der Waals surface area contributed by atoms with E-state index >= 15 is 0 Å². The Bertz CT molecular complexity index is 337. The summed E-state index contributed by atoms with van der Waals surface area (Å²) >= 11 is 0. The van der Waals surface area contributed by atoms with Crippen LogP contribution in [0.3, 0.4) is 0 Å². The lowest BCUT2D eigenvalue weighted by atomic mass is 10.1. The van der Waals surface area contributed by atoms with E-state index in [-0.39, 0.29) is 0 Å². The monoisotopic (exact) mass is 396 g/mol. The standard InChI is InChI=1S/C24H48N2O2/c1-5-19-25(20-6-2)23(27)17-15-13-11-9-10-12-14-16-18-24(28)26(21-7-3)22-8-4/h5-22H2,1-4H3. The zero-order valence-corrected chi connectivity index (χ0v) is 19.4. The molecule has 166 valence electrons. The zero-order chi connectivity index (χ0) is 21.0. The molecule has 0 rings (SSSR count). The molecule has 0 aromatic carbocycles. The average Bonchev–Trinajstić information content (AvgIpc) is 2.68. The molecule has 0 aromatic heterocycles. The first-order valence-electron chi connectivity index (χ1n) is 12.2. The lowest BCUT2D eigenvalue weighted by molar-refractivity contribution is -0.132. The third-order valence-corrected chi connectivity index (χ3v) is 5.21. The first kappa shape index (κ1) is 26.9. The molecule has 0 aliphatic heterocycles. The van der Waals surface area contributed by atoms with E-state index in [2.05, 4.69) is 27.7 Å². The highest BCUT2D eigenvalue weighted by atomic mass is 16.2. The second-order valence-electron chi connectivity index (χ2n) is 8.09. The van der Waals surface area contributed by atoms with E-state index in [9.17, 15) is 9.59 Å². The van der Waals surface area contributed by atoms with Crippen LogP contribution >= 0.6 is 0 Å². The molecule has 0 saturated heterocycles. The van der Waals surface area contributed by atoms with E-state index in [1.54, 1.807) is 0 Å². The SMILES string of the molecule is CCCN(CCC)C(=O)CCCCCCCCCCC(=O)N(CCC)CCC. The van der Waals surface area contributed by atoms with E-state index in [4.69, 9.17) is 0 Å². The molecule has 0 unspecified atom stereocenters. The van der Waals surface area contributed by atoms with Crippen LogP contribution in [0, 0.1) is 0 Å². The zero-order valence-electron chi connectivity index (χ0n) is 19.4. The summed E-state index contributed by atoms with van der Waals surface area (Å²) < 4.78 is 0. The number of carbonyl (C=O) groups is 2. The Balaban J connectivity index is 3.61. The van der Waals surface area contributed by atoms with E-state index in [1.165, 1.54) is 38.5 Å². The summed E-state index contributed by atoms with van der Waals surface area (Å²) in [5.74, 6) is 0.683. The fourth-order valence-corrected chi connectivity index (χ4v) is 3.73. The summed E-state index contributed by atoms with van der Waals surface area (Å²) in [7, 11) is 0. The van der Waals surface area contributed by atoms with Crippen molar-refractivity contribution in [3.63, 3.8) is 0 Å². The van der Waals surface area contributed by atoms with Crippen LogP contribution in [0.5, 0.6) is 0 Å². The molecule has 0 atom stereocenters. The van der Waals surface area contributed by atoms with E-state index < -0.39 is 0 Å². The average molecular weight is 397 g/mol. The van der Waals surface area contributed by atoms with Crippen LogP contribution in [0.2, 0.25) is 0 Å². The molecule has 0 aliphatic rings. The summed E-state index contributed by atoms with van der Waals surface area (Å²) in [6, 6.07) is 0. The molecule has 2 amide bonds. The van der Waals surface area contributed by atoms with Gasteiger partial charge in [-0.1, -0.05) is 66.2 Å². The largest absolute Gasteiger partial charge is 0.343 e. The second-order valence-corrected chi connectivity index (χ2v) is 8.09. The quantitative estimate of drug-likeness (QED) is 0.244. The highest BCUT2D eigenvalue weighted by Crippen LogP contribution is 2.12. The van der Waals surface area contributed by atoms with Crippen molar-refractivity contribution < 1.29 is 9.59 Å². The molecule has 0 saturated carbocycles. The van der Waals surface area contributed by atoms with Gasteiger partial charge < -0.3 is 9.80 Å². The molecule has 0 aliphatic carbocycles. The van der Waals surface area contributed by atoms with Crippen molar-refractivity contribution in [3.8, 4) is 0 Å². The summed E-state index contributed by atoms with van der Waals surface area (Å²) in [5, 5.41) is 0. The lowest BCUT2D eigenvalue weighted by Gasteiger charge is -2.21. The minimum atomic E-state index is 0.341.